The van der Waals surface area contributed by atoms with E-state index in [1.54, 1.807) is 0 Å². The van der Waals surface area contributed by atoms with E-state index in [1.807, 2.05) is 13.8 Å². The molecule has 0 aromatic carbocycles. The van der Waals surface area contributed by atoms with Crippen molar-refractivity contribution in [3.8, 4) is 0 Å². The molecule has 1 rings (SSSR count). The Morgan fingerprint density at radius 3 is 2.27 bits per heavy atom. The minimum absolute atomic E-state index is 0. The topological polar surface area (TPSA) is 18.5 Å². The molecule has 0 bridgehead atoms. The Bertz CT molecular complexity index is 172. The third-order valence-electron chi connectivity index (χ3n) is 2.16. The van der Waals surface area contributed by atoms with Gasteiger partial charge in [0.25, 0.3) is 0 Å². The van der Waals surface area contributed by atoms with Gasteiger partial charge >= 0.3 is 27.7 Å². The van der Waals surface area contributed by atoms with E-state index in [0.717, 1.165) is 12.8 Å². The fraction of sp³-hybridized carbons (Fsp3) is 0.909. The van der Waals surface area contributed by atoms with Crippen LogP contribution in [0.5, 0.6) is 0 Å². The molecule has 0 unspecified atom stereocenters. The Morgan fingerprint density at radius 2 is 1.87 bits per heavy atom. The van der Waals surface area contributed by atoms with Crippen molar-refractivity contribution in [1.29, 1.82) is 0 Å². The third kappa shape index (κ3) is 7.14. The van der Waals surface area contributed by atoms with Crippen LogP contribution >= 0.6 is 0 Å². The first kappa shape index (κ1) is 18.5. The SMILES string of the molecule is [CH2][C@@H]1C[C@H](CC(C)C)OC(C)(C)O1.[Cl-].[Hg+]. The van der Waals surface area contributed by atoms with E-state index in [0.29, 0.717) is 12.0 Å². The summed E-state index contributed by atoms with van der Waals surface area (Å²) in [5, 5.41) is 0. The Hall–Kier alpha value is 1.15. The maximum Gasteiger partial charge on any atom is 1.00 e. The van der Waals surface area contributed by atoms with Crippen molar-refractivity contribution in [3.05, 3.63) is 6.92 Å². The van der Waals surface area contributed by atoms with Gasteiger partial charge in [0.15, 0.2) is 5.79 Å². The second kappa shape index (κ2) is 7.47. The molecule has 1 heterocycles. The first-order chi connectivity index (χ1) is 5.89. The summed E-state index contributed by atoms with van der Waals surface area (Å²) in [6, 6.07) is 0. The van der Waals surface area contributed by atoms with E-state index in [4.69, 9.17) is 9.47 Å². The molecule has 0 N–H and O–H groups in total. The van der Waals surface area contributed by atoms with Gasteiger partial charge in [-0.25, -0.2) is 0 Å². The summed E-state index contributed by atoms with van der Waals surface area (Å²) in [5.74, 6) is 0.218. The zero-order valence-corrected chi connectivity index (χ0v) is 16.5. The largest absolute Gasteiger partial charge is 1.00 e. The number of ether oxygens (including phenoxy) is 2. The van der Waals surface area contributed by atoms with Gasteiger partial charge in [0.2, 0.25) is 0 Å². The fourth-order valence-corrected chi connectivity index (χ4v) is 1.89. The van der Waals surface area contributed by atoms with Crippen molar-refractivity contribution in [2.75, 3.05) is 0 Å². The number of rotatable bonds is 2. The summed E-state index contributed by atoms with van der Waals surface area (Å²) in [6.45, 7) is 12.3. The predicted molar refractivity (Wildman–Crippen MR) is 53.3 cm³/mol. The molecule has 0 aromatic heterocycles. The molecule has 1 aliphatic rings. The number of hydrogen-bond acceptors (Lipinski definition) is 2. The smallest absolute Gasteiger partial charge is 1.00 e. The second-order valence-electron chi connectivity index (χ2n) is 4.74. The van der Waals surface area contributed by atoms with Crippen molar-refractivity contribution < 1.29 is 49.5 Å². The molecule has 0 amide bonds. The molecule has 0 aromatic rings. The van der Waals surface area contributed by atoms with Crippen LogP contribution in [-0.2, 0) is 37.1 Å². The molecule has 0 spiro atoms. The van der Waals surface area contributed by atoms with E-state index in [-0.39, 0.29) is 46.2 Å². The summed E-state index contributed by atoms with van der Waals surface area (Å²) >= 11 is 0. The van der Waals surface area contributed by atoms with Gasteiger partial charge in [0, 0.05) is 6.42 Å². The van der Waals surface area contributed by atoms with Crippen molar-refractivity contribution in [2.24, 2.45) is 5.92 Å². The molecule has 2 atom stereocenters. The normalized spacial score (nSPS) is 29.2. The third-order valence-corrected chi connectivity index (χ3v) is 2.16. The molecular formula is C11H21ClHgO2. The minimum atomic E-state index is -0.454. The van der Waals surface area contributed by atoms with Crippen LogP contribution in [-0.4, -0.2) is 18.0 Å². The van der Waals surface area contributed by atoms with Crippen LogP contribution < -0.4 is 12.4 Å². The van der Waals surface area contributed by atoms with E-state index in [9.17, 15) is 0 Å². The van der Waals surface area contributed by atoms with Gasteiger partial charge < -0.3 is 21.9 Å². The van der Waals surface area contributed by atoms with Crippen LogP contribution in [0.25, 0.3) is 0 Å². The zero-order chi connectivity index (χ0) is 10.1. The second-order valence-corrected chi connectivity index (χ2v) is 4.74. The summed E-state index contributed by atoms with van der Waals surface area (Å²) in [6.07, 6.45) is 2.40. The van der Waals surface area contributed by atoms with Gasteiger partial charge in [-0.05, 0) is 33.1 Å². The average Bonchev–Trinajstić information content (AvgIpc) is 1.78. The van der Waals surface area contributed by atoms with Crippen molar-refractivity contribution in [2.45, 2.75) is 58.5 Å². The Balaban J connectivity index is 0. The Labute approximate surface area is 120 Å². The Morgan fingerprint density at radius 1 is 1.33 bits per heavy atom. The van der Waals surface area contributed by atoms with E-state index in [1.165, 1.54) is 0 Å². The maximum absolute atomic E-state index is 5.79. The monoisotopic (exact) mass is 422 g/mol. The molecule has 2 nitrogen and oxygen atoms in total. The summed E-state index contributed by atoms with van der Waals surface area (Å²) in [7, 11) is 0. The summed E-state index contributed by atoms with van der Waals surface area (Å²) in [5.41, 5.74) is 0. The van der Waals surface area contributed by atoms with E-state index < -0.39 is 5.79 Å². The summed E-state index contributed by atoms with van der Waals surface area (Å²) < 4.78 is 11.3. The maximum atomic E-state index is 5.79. The molecule has 4 heteroatoms. The van der Waals surface area contributed by atoms with Crippen molar-refractivity contribution in [1.82, 2.24) is 0 Å². The minimum Gasteiger partial charge on any atom is -1.00 e. The van der Waals surface area contributed by atoms with Crippen LogP contribution in [0.3, 0.4) is 0 Å². The van der Waals surface area contributed by atoms with Crippen LogP contribution in [0.4, 0.5) is 0 Å². The average molecular weight is 421 g/mol. The molecule has 0 aliphatic carbocycles. The van der Waals surface area contributed by atoms with E-state index >= 15 is 0 Å². The molecule has 15 heavy (non-hydrogen) atoms. The van der Waals surface area contributed by atoms with Gasteiger partial charge in [0.1, 0.15) is 0 Å². The van der Waals surface area contributed by atoms with Gasteiger partial charge in [0.05, 0.1) is 12.2 Å². The Kier molecular flexibility index (Phi) is 9.21. The van der Waals surface area contributed by atoms with Crippen LogP contribution in [0.15, 0.2) is 0 Å². The van der Waals surface area contributed by atoms with Crippen LogP contribution in [0.2, 0.25) is 0 Å². The van der Waals surface area contributed by atoms with Crippen molar-refractivity contribution >= 4 is 0 Å². The van der Waals surface area contributed by atoms with Gasteiger partial charge in [-0.3, -0.25) is 0 Å². The molecule has 86 valence electrons. The molecule has 1 aliphatic heterocycles. The quantitative estimate of drug-likeness (QED) is 0.575. The summed E-state index contributed by atoms with van der Waals surface area (Å²) in [4.78, 5) is 0. The van der Waals surface area contributed by atoms with Gasteiger partial charge in [-0.15, -0.1) is 0 Å². The number of halogens is 1. The predicted octanol–water partition coefficient (Wildman–Crippen LogP) is -0.222. The van der Waals surface area contributed by atoms with Crippen molar-refractivity contribution in [3.63, 3.8) is 0 Å². The first-order valence-corrected chi connectivity index (χ1v) is 5.08. The molecular weight excluding hydrogens is 400 g/mol. The fourth-order valence-electron chi connectivity index (χ4n) is 1.89. The van der Waals surface area contributed by atoms with Crippen LogP contribution in [0, 0.1) is 12.8 Å². The number of hydrogen-bond donors (Lipinski definition) is 0. The van der Waals surface area contributed by atoms with Gasteiger partial charge in [-0.2, -0.15) is 0 Å². The van der Waals surface area contributed by atoms with E-state index in [2.05, 4.69) is 20.8 Å². The van der Waals surface area contributed by atoms with Crippen LogP contribution in [0.1, 0.15) is 40.5 Å². The molecule has 1 fully saturated rings. The zero-order valence-electron chi connectivity index (χ0n) is 10.3. The molecule has 0 saturated carbocycles. The van der Waals surface area contributed by atoms with Gasteiger partial charge in [-0.1, -0.05) is 13.8 Å². The first-order valence-electron chi connectivity index (χ1n) is 5.08. The molecule has 1 saturated heterocycles. The standard InChI is InChI=1S/C11H21O2.ClH.Hg/c1-8(2)6-10-7-9(3)12-11(4,5)13-10;;/h8-10H,3,6-7H2,1-2,4-5H3;1H;/q;;+1/p-1/t9-,10+;;/m1../s1. The molecule has 2 radical (unpaired) electrons.